The summed E-state index contributed by atoms with van der Waals surface area (Å²) in [4.78, 5) is 0.572. The van der Waals surface area contributed by atoms with E-state index in [0.29, 0.717) is 4.99 Å². The van der Waals surface area contributed by atoms with Crippen LogP contribution in [-0.2, 0) is 4.74 Å². The summed E-state index contributed by atoms with van der Waals surface area (Å²) >= 11 is 4.72. The van der Waals surface area contributed by atoms with Gasteiger partial charge in [0.15, 0.2) is 0 Å². The number of hydrogen-bond acceptors (Lipinski definition) is 2. The van der Waals surface area contributed by atoms with Gasteiger partial charge in [-0.1, -0.05) is 12.2 Å². The highest BCUT2D eigenvalue weighted by Gasteiger charge is 2.08. The van der Waals surface area contributed by atoms with Gasteiger partial charge in [-0.15, -0.1) is 0 Å². The Bertz CT molecular complexity index is 129. The minimum atomic E-state index is -0.0454. The molecule has 0 saturated carbocycles. The van der Waals surface area contributed by atoms with Gasteiger partial charge in [0.2, 0.25) is 0 Å². The van der Waals surface area contributed by atoms with Gasteiger partial charge in [-0.3, -0.25) is 0 Å². The second-order valence-electron chi connectivity index (χ2n) is 3.53. The Labute approximate surface area is 74.1 Å². The molecule has 0 radical (unpaired) electrons. The summed E-state index contributed by atoms with van der Waals surface area (Å²) in [5.41, 5.74) is 5.27. The largest absolute Gasteiger partial charge is 0.393 e. The normalized spacial score (nSPS) is 11.5. The van der Waals surface area contributed by atoms with Crippen LogP contribution in [0.2, 0.25) is 0 Å². The maximum atomic E-state index is 5.46. The maximum absolute atomic E-state index is 5.46. The Morgan fingerprint density at radius 2 is 2.00 bits per heavy atom. The van der Waals surface area contributed by atoms with E-state index in [-0.39, 0.29) is 5.60 Å². The molecule has 0 aromatic heterocycles. The SMILES string of the molecule is CC(C)(C)OCCCC(N)=S. The van der Waals surface area contributed by atoms with Crippen LogP contribution in [0.25, 0.3) is 0 Å². The van der Waals surface area contributed by atoms with Crippen LogP contribution in [0.3, 0.4) is 0 Å². The van der Waals surface area contributed by atoms with E-state index in [9.17, 15) is 0 Å². The molecular formula is C8H17NOS. The van der Waals surface area contributed by atoms with Crippen molar-refractivity contribution in [2.75, 3.05) is 6.61 Å². The number of rotatable bonds is 4. The van der Waals surface area contributed by atoms with Crippen molar-refractivity contribution in [2.24, 2.45) is 5.73 Å². The van der Waals surface area contributed by atoms with E-state index in [4.69, 9.17) is 22.7 Å². The average molecular weight is 175 g/mol. The first-order chi connectivity index (χ1) is 4.92. The minimum absolute atomic E-state index is 0.0454. The fraction of sp³-hybridized carbons (Fsp3) is 0.875. The molecule has 0 bridgehead atoms. The van der Waals surface area contributed by atoms with Crippen molar-refractivity contribution in [1.82, 2.24) is 0 Å². The zero-order valence-electron chi connectivity index (χ0n) is 7.52. The van der Waals surface area contributed by atoms with Gasteiger partial charge in [0.05, 0.1) is 10.6 Å². The molecule has 0 aliphatic heterocycles. The van der Waals surface area contributed by atoms with Crippen LogP contribution in [0, 0.1) is 0 Å². The lowest BCUT2D eigenvalue weighted by Gasteiger charge is -2.19. The van der Waals surface area contributed by atoms with Crippen LogP contribution in [0.5, 0.6) is 0 Å². The zero-order chi connectivity index (χ0) is 8.91. The molecule has 0 aliphatic carbocycles. The molecule has 2 N–H and O–H groups in total. The molecule has 0 spiro atoms. The molecule has 11 heavy (non-hydrogen) atoms. The van der Waals surface area contributed by atoms with Gasteiger partial charge >= 0.3 is 0 Å². The summed E-state index contributed by atoms with van der Waals surface area (Å²) in [5, 5.41) is 0. The summed E-state index contributed by atoms with van der Waals surface area (Å²) in [6.45, 7) is 6.84. The lowest BCUT2D eigenvalue weighted by Crippen LogP contribution is -2.20. The van der Waals surface area contributed by atoms with Gasteiger partial charge in [-0.25, -0.2) is 0 Å². The second kappa shape index (κ2) is 4.67. The Balaban J connectivity index is 3.22. The third kappa shape index (κ3) is 9.85. The predicted octanol–water partition coefficient (Wildman–Crippen LogP) is 1.87. The van der Waals surface area contributed by atoms with Crippen molar-refractivity contribution in [3.63, 3.8) is 0 Å². The van der Waals surface area contributed by atoms with Crippen LogP contribution in [0.15, 0.2) is 0 Å². The first-order valence-electron chi connectivity index (χ1n) is 3.84. The summed E-state index contributed by atoms with van der Waals surface area (Å²) in [6, 6.07) is 0. The third-order valence-corrected chi connectivity index (χ3v) is 1.31. The van der Waals surface area contributed by atoms with Crippen LogP contribution < -0.4 is 5.73 Å². The summed E-state index contributed by atoms with van der Waals surface area (Å²) in [5.74, 6) is 0. The highest BCUT2D eigenvalue weighted by Crippen LogP contribution is 2.07. The predicted molar refractivity (Wildman–Crippen MR) is 51.7 cm³/mol. The standard InChI is InChI=1S/C8H17NOS/c1-8(2,3)10-6-4-5-7(9)11/h4-6H2,1-3H3,(H2,9,11). The molecule has 0 atom stereocenters. The quantitative estimate of drug-likeness (QED) is 0.523. The Hall–Kier alpha value is -0.150. The van der Waals surface area contributed by atoms with Gasteiger partial charge in [0.1, 0.15) is 0 Å². The van der Waals surface area contributed by atoms with E-state index in [1.54, 1.807) is 0 Å². The van der Waals surface area contributed by atoms with E-state index < -0.39 is 0 Å². The molecule has 0 aliphatic rings. The van der Waals surface area contributed by atoms with E-state index in [1.165, 1.54) is 0 Å². The summed E-state index contributed by atoms with van der Waals surface area (Å²) in [7, 11) is 0. The molecule has 0 rings (SSSR count). The highest BCUT2D eigenvalue weighted by atomic mass is 32.1. The van der Waals surface area contributed by atoms with Crippen molar-refractivity contribution in [3.05, 3.63) is 0 Å². The third-order valence-electron chi connectivity index (χ3n) is 1.10. The van der Waals surface area contributed by atoms with Gasteiger partial charge in [0, 0.05) is 6.61 Å². The number of ether oxygens (including phenoxy) is 1. The fourth-order valence-corrected chi connectivity index (χ4v) is 0.769. The summed E-state index contributed by atoms with van der Waals surface area (Å²) < 4.78 is 5.46. The molecule has 0 saturated heterocycles. The Morgan fingerprint density at radius 1 is 1.45 bits per heavy atom. The number of thiocarbonyl (C=S) groups is 1. The highest BCUT2D eigenvalue weighted by molar-refractivity contribution is 7.80. The van der Waals surface area contributed by atoms with Gasteiger partial charge in [-0.05, 0) is 33.6 Å². The fourth-order valence-electron chi connectivity index (χ4n) is 0.625. The van der Waals surface area contributed by atoms with Crippen LogP contribution in [0.4, 0.5) is 0 Å². The van der Waals surface area contributed by atoms with Gasteiger partial charge in [0.25, 0.3) is 0 Å². The molecule has 66 valence electrons. The zero-order valence-corrected chi connectivity index (χ0v) is 8.33. The van der Waals surface area contributed by atoms with Crippen molar-refractivity contribution in [2.45, 2.75) is 39.2 Å². The molecule has 0 heterocycles. The monoisotopic (exact) mass is 175 g/mol. The number of hydrogen-bond donors (Lipinski definition) is 1. The number of nitrogens with two attached hydrogens (primary N) is 1. The molecule has 3 heteroatoms. The van der Waals surface area contributed by atoms with E-state index in [0.717, 1.165) is 19.4 Å². The molecule has 0 aromatic carbocycles. The first kappa shape index (κ1) is 10.8. The van der Waals surface area contributed by atoms with Crippen molar-refractivity contribution in [3.8, 4) is 0 Å². The molecule has 0 aromatic rings. The maximum Gasteiger partial charge on any atom is 0.0728 e. The van der Waals surface area contributed by atoms with E-state index in [1.807, 2.05) is 20.8 Å². The minimum Gasteiger partial charge on any atom is -0.393 e. The van der Waals surface area contributed by atoms with Crippen LogP contribution >= 0.6 is 12.2 Å². The average Bonchev–Trinajstić information content (AvgIpc) is 1.78. The smallest absolute Gasteiger partial charge is 0.0728 e. The molecular weight excluding hydrogens is 158 g/mol. The first-order valence-corrected chi connectivity index (χ1v) is 4.25. The second-order valence-corrected chi connectivity index (χ2v) is 4.06. The van der Waals surface area contributed by atoms with Gasteiger partial charge in [-0.2, -0.15) is 0 Å². The van der Waals surface area contributed by atoms with Crippen LogP contribution in [0.1, 0.15) is 33.6 Å². The van der Waals surface area contributed by atoms with E-state index in [2.05, 4.69) is 0 Å². The molecule has 0 fully saturated rings. The topological polar surface area (TPSA) is 35.2 Å². The lowest BCUT2D eigenvalue weighted by atomic mass is 10.2. The van der Waals surface area contributed by atoms with Crippen LogP contribution in [-0.4, -0.2) is 17.2 Å². The molecule has 2 nitrogen and oxygen atoms in total. The molecule has 0 unspecified atom stereocenters. The van der Waals surface area contributed by atoms with Crippen molar-refractivity contribution in [1.29, 1.82) is 0 Å². The Morgan fingerprint density at radius 3 is 2.36 bits per heavy atom. The Kier molecular flexibility index (Phi) is 4.61. The van der Waals surface area contributed by atoms with Crippen molar-refractivity contribution < 1.29 is 4.74 Å². The van der Waals surface area contributed by atoms with Gasteiger partial charge < -0.3 is 10.5 Å². The summed E-state index contributed by atoms with van der Waals surface area (Å²) in [6.07, 6.45) is 1.71. The molecule has 0 amide bonds. The van der Waals surface area contributed by atoms with Crippen molar-refractivity contribution >= 4 is 17.2 Å². The van der Waals surface area contributed by atoms with E-state index >= 15 is 0 Å². The lowest BCUT2D eigenvalue weighted by molar-refractivity contribution is -0.00327.